The van der Waals surface area contributed by atoms with Gasteiger partial charge in [0.1, 0.15) is 5.75 Å². The maximum atomic E-state index is 6.02. The predicted octanol–water partition coefficient (Wildman–Crippen LogP) is 5.14. The summed E-state index contributed by atoms with van der Waals surface area (Å²) >= 11 is 0. The Morgan fingerprint density at radius 3 is 2.78 bits per heavy atom. The summed E-state index contributed by atoms with van der Waals surface area (Å²) in [5, 5.41) is 4.62. The van der Waals surface area contributed by atoms with Gasteiger partial charge in [-0.3, -0.25) is 0 Å². The number of ether oxygens (including phenoxy) is 1. The molecule has 0 amide bonds. The Bertz CT molecular complexity index is 1150. The fraction of sp³-hybridized carbons (Fsp3) is 0.308. The Morgan fingerprint density at radius 1 is 1.12 bits per heavy atom. The van der Waals surface area contributed by atoms with Crippen molar-refractivity contribution in [3.63, 3.8) is 0 Å². The second-order valence-corrected chi connectivity index (χ2v) is 8.32. The fourth-order valence-electron chi connectivity index (χ4n) is 4.44. The maximum absolute atomic E-state index is 6.02. The van der Waals surface area contributed by atoms with Crippen LogP contribution in [0.2, 0.25) is 0 Å². The third-order valence-corrected chi connectivity index (χ3v) is 6.09. The van der Waals surface area contributed by atoms with Gasteiger partial charge in [0.05, 0.1) is 24.8 Å². The summed E-state index contributed by atoms with van der Waals surface area (Å²) in [6, 6.07) is 16.6. The van der Waals surface area contributed by atoms with E-state index < -0.39 is 0 Å². The number of benzene rings is 2. The molecule has 0 spiro atoms. The number of nitrogens with zero attached hydrogens (tertiary/aromatic N) is 4. The summed E-state index contributed by atoms with van der Waals surface area (Å²) in [6.45, 7) is 3.94. The molecule has 3 aromatic rings. The molecule has 0 saturated carbocycles. The van der Waals surface area contributed by atoms with Crippen LogP contribution in [0.5, 0.6) is 5.75 Å². The van der Waals surface area contributed by atoms with Gasteiger partial charge >= 0.3 is 0 Å². The predicted molar refractivity (Wildman–Crippen MR) is 126 cm³/mol. The highest BCUT2D eigenvalue weighted by Gasteiger charge is 2.27. The van der Waals surface area contributed by atoms with Gasteiger partial charge in [0.15, 0.2) is 11.9 Å². The molecule has 3 heterocycles. The van der Waals surface area contributed by atoms with E-state index in [0.717, 1.165) is 60.9 Å². The van der Waals surface area contributed by atoms with Gasteiger partial charge in [-0.15, -0.1) is 0 Å². The molecule has 0 radical (unpaired) electrons. The van der Waals surface area contributed by atoms with E-state index in [-0.39, 0.29) is 6.10 Å². The molecule has 32 heavy (non-hydrogen) atoms. The number of imidazole rings is 1. The van der Waals surface area contributed by atoms with E-state index >= 15 is 0 Å². The molecular formula is C26H28N4O2. The lowest BCUT2D eigenvalue weighted by Gasteiger charge is -2.29. The number of fused-ring (bicyclic) bond motifs is 1. The normalized spacial score (nSPS) is 19.7. The van der Waals surface area contributed by atoms with Crippen LogP contribution in [0.1, 0.15) is 42.2 Å². The lowest BCUT2D eigenvalue weighted by atomic mass is 9.99. The summed E-state index contributed by atoms with van der Waals surface area (Å²) in [5.74, 6) is 1.77. The van der Waals surface area contributed by atoms with Crippen LogP contribution >= 0.6 is 0 Å². The molecule has 0 N–H and O–H groups in total. The summed E-state index contributed by atoms with van der Waals surface area (Å²) in [4.78, 5) is 12.7. The van der Waals surface area contributed by atoms with E-state index in [2.05, 4.69) is 63.6 Å². The molecule has 0 bridgehead atoms. The number of hydrogen-bond donors (Lipinski definition) is 0. The van der Waals surface area contributed by atoms with Crippen LogP contribution in [-0.4, -0.2) is 40.5 Å². The molecule has 164 valence electrons. The zero-order chi connectivity index (χ0) is 21.9. The Morgan fingerprint density at radius 2 is 2.00 bits per heavy atom. The van der Waals surface area contributed by atoms with Crippen molar-refractivity contribution in [3.05, 3.63) is 83.4 Å². The van der Waals surface area contributed by atoms with Crippen molar-refractivity contribution in [1.29, 1.82) is 0 Å². The van der Waals surface area contributed by atoms with E-state index in [4.69, 9.17) is 9.57 Å². The van der Waals surface area contributed by atoms with Crippen LogP contribution in [0.4, 0.5) is 0 Å². The standard InChI is InChI=1S/C26H28N4O2/c1-19-17-30(18-27-19)23-11-10-20(16-25(23)31-2)15-22-9-6-13-29-14-12-24(32-28-26(22)29)21-7-4-3-5-8-21/h3-5,7-8,10-11,15-18,24H,6,9,12-14H2,1-2H3/t24-/m1/s1. The summed E-state index contributed by atoms with van der Waals surface area (Å²) in [6.07, 6.45) is 9.04. The van der Waals surface area contributed by atoms with E-state index in [0.29, 0.717) is 0 Å². The van der Waals surface area contributed by atoms with Gasteiger partial charge in [-0.25, -0.2) is 4.98 Å². The smallest absolute Gasteiger partial charge is 0.171 e. The van der Waals surface area contributed by atoms with Gasteiger partial charge in [-0.05, 0) is 54.7 Å². The first-order valence-corrected chi connectivity index (χ1v) is 11.1. The second kappa shape index (κ2) is 8.91. The van der Waals surface area contributed by atoms with Crippen LogP contribution in [0.3, 0.4) is 0 Å². The SMILES string of the molecule is COc1cc(C=C2CCCN3CC[C@H](c4ccccc4)ON=C23)ccc1-n1cnc(C)c1. The van der Waals surface area contributed by atoms with E-state index in [1.54, 1.807) is 7.11 Å². The molecule has 1 atom stereocenters. The molecule has 2 aliphatic rings. The largest absolute Gasteiger partial charge is 0.495 e. The van der Waals surface area contributed by atoms with Crippen LogP contribution in [0.15, 0.2) is 71.8 Å². The van der Waals surface area contributed by atoms with E-state index in [1.165, 1.54) is 11.1 Å². The van der Waals surface area contributed by atoms with E-state index in [9.17, 15) is 0 Å². The van der Waals surface area contributed by atoms with Gasteiger partial charge in [0, 0.05) is 25.7 Å². The average molecular weight is 429 g/mol. The zero-order valence-corrected chi connectivity index (χ0v) is 18.6. The third kappa shape index (κ3) is 4.13. The number of methoxy groups -OCH3 is 1. The van der Waals surface area contributed by atoms with Crippen molar-refractivity contribution in [2.45, 2.75) is 32.3 Å². The molecular weight excluding hydrogens is 400 g/mol. The molecule has 0 unspecified atom stereocenters. The first-order chi connectivity index (χ1) is 15.7. The van der Waals surface area contributed by atoms with Gasteiger partial charge in [0.25, 0.3) is 0 Å². The molecule has 2 aromatic carbocycles. The first-order valence-electron chi connectivity index (χ1n) is 11.1. The van der Waals surface area contributed by atoms with Gasteiger partial charge in [-0.1, -0.05) is 41.6 Å². The highest BCUT2D eigenvalue weighted by molar-refractivity contribution is 6.02. The van der Waals surface area contributed by atoms with Crippen molar-refractivity contribution in [1.82, 2.24) is 14.5 Å². The second-order valence-electron chi connectivity index (χ2n) is 8.32. The number of rotatable bonds is 4. The van der Waals surface area contributed by atoms with Crippen molar-refractivity contribution in [2.75, 3.05) is 20.2 Å². The molecule has 1 fully saturated rings. The molecule has 6 nitrogen and oxygen atoms in total. The minimum Gasteiger partial charge on any atom is -0.495 e. The lowest BCUT2D eigenvalue weighted by molar-refractivity contribution is 0.0576. The zero-order valence-electron chi connectivity index (χ0n) is 18.6. The van der Waals surface area contributed by atoms with Gasteiger partial charge < -0.3 is 19.0 Å². The maximum Gasteiger partial charge on any atom is 0.171 e. The van der Waals surface area contributed by atoms with E-state index in [1.807, 2.05) is 30.1 Å². The summed E-state index contributed by atoms with van der Waals surface area (Å²) < 4.78 is 7.67. The first kappa shape index (κ1) is 20.4. The third-order valence-electron chi connectivity index (χ3n) is 6.09. The lowest BCUT2D eigenvalue weighted by Crippen LogP contribution is -2.37. The Hall–Kier alpha value is -3.54. The topological polar surface area (TPSA) is 51.9 Å². The molecule has 6 heteroatoms. The Labute approximate surface area is 188 Å². The van der Waals surface area contributed by atoms with Crippen LogP contribution in [0.25, 0.3) is 11.8 Å². The summed E-state index contributed by atoms with van der Waals surface area (Å²) in [5.41, 5.74) is 5.42. The van der Waals surface area contributed by atoms with Crippen LogP contribution < -0.4 is 4.74 Å². The quantitative estimate of drug-likeness (QED) is 0.577. The van der Waals surface area contributed by atoms with Crippen molar-refractivity contribution in [2.24, 2.45) is 5.16 Å². The number of piperidine rings is 1. The number of amidine groups is 1. The number of hydrogen-bond acceptors (Lipinski definition) is 5. The Balaban J connectivity index is 1.43. The average Bonchev–Trinajstić information content (AvgIpc) is 3.13. The van der Waals surface area contributed by atoms with Crippen molar-refractivity contribution < 1.29 is 9.57 Å². The molecule has 1 aromatic heterocycles. The number of aryl methyl sites for hydroxylation is 1. The minimum absolute atomic E-state index is 0.00596. The number of aromatic nitrogens is 2. The number of oxime groups is 1. The monoisotopic (exact) mass is 428 g/mol. The van der Waals surface area contributed by atoms with Gasteiger partial charge in [-0.2, -0.15) is 0 Å². The molecule has 2 aliphatic heterocycles. The van der Waals surface area contributed by atoms with Crippen LogP contribution in [-0.2, 0) is 4.84 Å². The summed E-state index contributed by atoms with van der Waals surface area (Å²) in [7, 11) is 1.70. The molecule has 5 rings (SSSR count). The molecule has 0 aliphatic carbocycles. The molecule has 1 saturated heterocycles. The van der Waals surface area contributed by atoms with Crippen molar-refractivity contribution in [3.8, 4) is 11.4 Å². The van der Waals surface area contributed by atoms with Gasteiger partial charge in [0.2, 0.25) is 0 Å². The minimum atomic E-state index is -0.00596. The highest BCUT2D eigenvalue weighted by Crippen LogP contribution is 2.31. The highest BCUT2D eigenvalue weighted by atomic mass is 16.6. The van der Waals surface area contributed by atoms with Crippen LogP contribution in [0, 0.1) is 6.92 Å². The fourth-order valence-corrected chi connectivity index (χ4v) is 4.44. The Kier molecular flexibility index (Phi) is 5.67. The van der Waals surface area contributed by atoms with Crippen molar-refractivity contribution >= 4 is 11.9 Å².